The number of nitrogens with one attached hydrogen (secondary N) is 1. The van der Waals surface area contributed by atoms with Crippen LogP contribution in [0.25, 0.3) is 0 Å². The molecular formula is C11H21F2N. The number of hydrogen-bond donors (Lipinski definition) is 1. The Morgan fingerprint density at radius 3 is 2.00 bits per heavy atom. The summed E-state index contributed by atoms with van der Waals surface area (Å²) in [6.45, 7) is 1.03. The summed E-state index contributed by atoms with van der Waals surface area (Å²) in [5.41, 5.74) is 0. The maximum absolute atomic E-state index is 13.2. The minimum absolute atomic E-state index is 0.155. The molecule has 1 atom stereocenters. The Labute approximate surface area is 85.3 Å². The van der Waals surface area contributed by atoms with Crippen molar-refractivity contribution in [1.29, 1.82) is 0 Å². The lowest BCUT2D eigenvalue weighted by atomic mass is 9.88. The van der Waals surface area contributed by atoms with Crippen molar-refractivity contribution in [2.75, 3.05) is 7.05 Å². The number of alkyl halides is 2. The summed E-state index contributed by atoms with van der Waals surface area (Å²) in [6, 6.07) is -0.638. The molecular weight excluding hydrogens is 184 g/mol. The summed E-state index contributed by atoms with van der Waals surface area (Å²) in [5.74, 6) is -2.44. The van der Waals surface area contributed by atoms with Gasteiger partial charge in [-0.2, -0.15) is 0 Å². The van der Waals surface area contributed by atoms with Gasteiger partial charge in [0.2, 0.25) is 0 Å². The Morgan fingerprint density at radius 2 is 1.64 bits per heavy atom. The predicted molar refractivity (Wildman–Crippen MR) is 54.7 cm³/mol. The highest BCUT2D eigenvalue weighted by Crippen LogP contribution is 2.32. The van der Waals surface area contributed by atoms with Crippen molar-refractivity contribution >= 4 is 0 Å². The molecule has 1 N–H and O–H groups in total. The number of hydrogen-bond acceptors (Lipinski definition) is 1. The van der Waals surface area contributed by atoms with Crippen LogP contribution in [0, 0.1) is 5.92 Å². The zero-order valence-corrected chi connectivity index (χ0v) is 9.15. The van der Waals surface area contributed by atoms with Crippen molar-refractivity contribution in [3.05, 3.63) is 0 Å². The minimum atomic E-state index is -2.59. The highest BCUT2D eigenvalue weighted by Gasteiger charge is 2.38. The molecule has 1 aliphatic carbocycles. The average Bonchev–Trinajstić information content (AvgIpc) is 2.31. The van der Waals surface area contributed by atoms with E-state index in [1.54, 1.807) is 7.05 Å². The fourth-order valence-electron chi connectivity index (χ4n) is 2.55. The predicted octanol–water partition coefficient (Wildman–Crippen LogP) is 3.20. The van der Waals surface area contributed by atoms with Gasteiger partial charge in [-0.15, -0.1) is 0 Å². The molecule has 0 amide bonds. The first kappa shape index (κ1) is 11.9. The Hall–Kier alpha value is -0.180. The number of rotatable bonds is 3. The van der Waals surface area contributed by atoms with E-state index in [1.807, 2.05) is 0 Å². The second-order valence-electron chi connectivity index (χ2n) is 4.47. The fourth-order valence-corrected chi connectivity index (χ4v) is 2.55. The van der Waals surface area contributed by atoms with Crippen molar-refractivity contribution in [3.8, 4) is 0 Å². The van der Waals surface area contributed by atoms with Crippen molar-refractivity contribution in [3.63, 3.8) is 0 Å². The van der Waals surface area contributed by atoms with Crippen LogP contribution >= 0.6 is 0 Å². The van der Waals surface area contributed by atoms with Crippen LogP contribution in [0.2, 0.25) is 0 Å². The van der Waals surface area contributed by atoms with Gasteiger partial charge in [0.1, 0.15) is 0 Å². The van der Waals surface area contributed by atoms with Crippen molar-refractivity contribution in [2.45, 2.75) is 57.4 Å². The molecule has 1 aliphatic rings. The van der Waals surface area contributed by atoms with Crippen molar-refractivity contribution in [1.82, 2.24) is 5.32 Å². The summed E-state index contributed by atoms with van der Waals surface area (Å²) >= 11 is 0. The zero-order valence-electron chi connectivity index (χ0n) is 9.15. The van der Waals surface area contributed by atoms with Gasteiger partial charge in [0, 0.05) is 6.92 Å². The van der Waals surface area contributed by atoms with Gasteiger partial charge in [-0.05, 0) is 25.8 Å². The van der Waals surface area contributed by atoms with E-state index >= 15 is 0 Å². The van der Waals surface area contributed by atoms with Crippen LogP contribution < -0.4 is 5.32 Å². The molecule has 1 saturated carbocycles. The van der Waals surface area contributed by atoms with Gasteiger partial charge < -0.3 is 5.32 Å². The SMILES string of the molecule is CNC(C1CCCCCC1)C(C)(F)F. The minimum Gasteiger partial charge on any atom is -0.311 e. The molecule has 3 heteroatoms. The van der Waals surface area contributed by atoms with E-state index in [9.17, 15) is 8.78 Å². The molecule has 0 aromatic rings. The molecule has 1 nitrogen and oxygen atoms in total. The summed E-state index contributed by atoms with van der Waals surface area (Å²) in [4.78, 5) is 0. The molecule has 0 saturated heterocycles. The monoisotopic (exact) mass is 205 g/mol. The smallest absolute Gasteiger partial charge is 0.260 e. The quantitative estimate of drug-likeness (QED) is 0.698. The van der Waals surface area contributed by atoms with Crippen molar-refractivity contribution < 1.29 is 8.78 Å². The van der Waals surface area contributed by atoms with E-state index in [0.717, 1.165) is 32.6 Å². The number of halogens is 2. The van der Waals surface area contributed by atoms with Gasteiger partial charge in [-0.25, -0.2) is 8.78 Å². The second kappa shape index (κ2) is 5.06. The molecule has 14 heavy (non-hydrogen) atoms. The average molecular weight is 205 g/mol. The van der Waals surface area contributed by atoms with Crippen molar-refractivity contribution in [2.24, 2.45) is 5.92 Å². The van der Waals surface area contributed by atoms with Crippen LogP contribution in [0.4, 0.5) is 8.78 Å². The Morgan fingerprint density at radius 1 is 1.14 bits per heavy atom. The molecule has 0 aromatic carbocycles. The topological polar surface area (TPSA) is 12.0 Å². The summed E-state index contributed by atoms with van der Waals surface area (Å²) in [7, 11) is 1.65. The maximum atomic E-state index is 13.2. The van der Waals surface area contributed by atoms with E-state index in [2.05, 4.69) is 5.32 Å². The Balaban J connectivity index is 2.58. The lowest BCUT2D eigenvalue weighted by Crippen LogP contribution is -2.46. The first-order valence-electron chi connectivity index (χ1n) is 5.61. The largest absolute Gasteiger partial charge is 0.311 e. The standard InChI is InChI=1S/C11H21F2N/c1-11(12,13)10(14-2)9-7-5-3-4-6-8-9/h9-10,14H,3-8H2,1-2H3. The molecule has 0 radical (unpaired) electrons. The van der Waals surface area contributed by atoms with Crippen LogP contribution in [0.3, 0.4) is 0 Å². The van der Waals surface area contributed by atoms with E-state index in [4.69, 9.17) is 0 Å². The van der Waals surface area contributed by atoms with E-state index in [-0.39, 0.29) is 5.92 Å². The molecule has 0 bridgehead atoms. The fraction of sp³-hybridized carbons (Fsp3) is 1.00. The molecule has 0 aliphatic heterocycles. The summed E-state index contributed by atoms with van der Waals surface area (Å²) < 4.78 is 26.5. The van der Waals surface area contributed by atoms with Gasteiger partial charge in [-0.3, -0.25) is 0 Å². The summed E-state index contributed by atoms with van der Waals surface area (Å²) in [6.07, 6.45) is 6.55. The van der Waals surface area contributed by atoms with Gasteiger partial charge in [0.05, 0.1) is 6.04 Å². The summed E-state index contributed by atoms with van der Waals surface area (Å²) in [5, 5.41) is 2.79. The highest BCUT2D eigenvalue weighted by molar-refractivity contribution is 4.86. The molecule has 0 heterocycles. The molecule has 0 spiro atoms. The van der Waals surface area contributed by atoms with E-state index < -0.39 is 12.0 Å². The third-order valence-corrected chi connectivity index (χ3v) is 3.23. The lowest BCUT2D eigenvalue weighted by molar-refractivity contribution is -0.0383. The first-order chi connectivity index (χ1) is 6.55. The van der Waals surface area contributed by atoms with Gasteiger partial charge in [0.15, 0.2) is 0 Å². The van der Waals surface area contributed by atoms with Crippen LogP contribution in [-0.2, 0) is 0 Å². The molecule has 1 unspecified atom stereocenters. The first-order valence-corrected chi connectivity index (χ1v) is 5.61. The van der Waals surface area contributed by atoms with Gasteiger partial charge >= 0.3 is 0 Å². The van der Waals surface area contributed by atoms with Crippen LogP contribution in [0.1, 0.15) is 45.4 Å². The third kappa shape index (κ3) is 3.19. The Bertz CT molecular complexity index is 157. The van der Waals surface area contributed by atoms with Gasteiger partial charge in [0.25, 0.3) is 5.92 Å². The van der Waals surface area contributed by atoms with E-state index in [1.165, 1.54) is 12.8 Å². The Kier molecular flexibility index (Phi) is 4.30. The van der Waals surface area contributed by atoms with E-state index in [0.29, 0.717) is 0 Å². The normalized spacial score (nSPS) is 23.1. The zero-order chi connectivity index (χ0) is 10.6. The van der Waals surface area contributed by atoms with Crippen LogP contribution in [-0.4, -0.2) is 19.0 Å². The van der Waals surface area contributed by atoms with Gasteiger partial charge in [-0.1, -0.05) is 25.7 Å². The van der Waals surface area contributed by atoms with Crippen LogP contribution in [0.15, 0.2) is 0 Å². The third-order valence-electron chi connectivity index (χ3n) is 3.23. The molecule has 0 aromatic heterocycles. The second-order valence-corrected chi connectivity index (χ2v) is 4.47. The molecule has 84 valence electrons. The molecule has 1 rings (SSSR count). The lowest BCUT2D eigenvalue weighted by Gasteiger charge is -2.30. The highest BCUT2D eigenvalue weighted by atomic mass is 19.3. The van der Waals surface area contributed by atoms with Crippen LogP contribution in [0.5, 0.6) is 0 Å². The molecule has 1 fully saturated rings. The maximum Gasteiger partial charge on any atom is 0.260 e.